The molecule has 0 saturated carbocycles. The highest BCUT2D eigenvalue weighted by molar-refractivity contribution is 6.10. The highest BCUT2D eigenvalue weighted by Crippen LogP contribution is 2.52. The van der Waals surface area contributed by atoms with Gasteiger partial charge >= 0.3 is 0 Å². The van der Waals surface area contributed by atoms with Crippen molar-refractivity contribution in [2.75, 3.05) is 16.5 Å². The predicted molar refractivity (Wildman–Crippen MR) is 365 cm³/mol. The fraction of sp³-hybridized carbons (Fsp3) is 0.272. The SMILES string of the molecule is [2H]C([2H])(c1cc(-n2c3cc(Oc4cccc(N5CN(c6c(-c7ccccc7)cccc6-c6cc(-c7ccccc7)cc(C(C)(C)C)c6)c6ccccc65)c4)ccc3c3ccc(C(C)(C)C)cc32)ncc1-c1ccc2c(c1)C(C)(C)CCC2(C)C)C(C)(C)C. The molecule has 13 rings (SSSR count). The van der Waals surface area contributed by atoms with Gasteiger partial charge in [-0.2, -0.15) is 0 Å². The fourth-order valence-corrected chi connectivity index (χ4v) is 13.2. The van der Waals surface area contributed by atoms with Crippen LogP contribution in [-0.4, -0.2) is 16.2 Å². The van der Waals surface area contributed by atoms with E-state index in [9.17, 15) is 2.74 Å². The molecule has 0 bridgehead atoms. The van der Waals surface area contributed by atoms with E-state index < -0.39 is 11.8 Å². The Morgan fingerprint density at radius 3 is 1.74 bits per heavy atom. The van der Waals surface area contributed by atoms with Crippen molar-refractivity contribution in [3.8, 4) is 61.8 Å². The number of anilines is 4. The van der Waals surface area contributed by atoms with Crippen molar-refractivity contribution in [2.45, 2.75) is 131 Å². The van der Waals surface area contributed by atoms with Crippen LogP contribution in [0.25, 0.3) is 72.1 Å². The lowest BCUT2D eigenvalue weighted by Crippen LogP contribution is -2.33. The summed E-state index contributed by atoms with van der Waals surface area (Å²) in [4.78, 5) is 10.3. The maximum absolute atomic E-state index is 9.99. The van der Waals surface area contributed by atoms with Crippen molar-refractivity contribution >= 4 is 44.6 Å². The van der Waals surface area contributed by atoms with Crippen molar-refractivity contribution in [1.82, 2.24) is 9.55 Å². The molecule has 0 atom stereocenters. The van der Waals surface area contributed by atoms with Crippen molar-refractivity contribution in [3.05, 3.63) is 240 Å². The fourth-order valence-electron chi connectivity index (χ4n) is 13.2. The normalized spacial score (nSPS) is 15.4. The van der Waals surface area contributed by atoms with E-state index >= 15 is 0 Å². The Labute approximate surface area is 513 Å². The molecule has 0 N–H and O–H groups in total. The van der Waals surface area contributed by atoms with Crippen LogP contribution in [0, 0.1) is 5.41 Å². The molecule has 2 aliphatic rings. The van der Waals surface area contributed by atoms with Gasteiger partial charge in [-0.3, -0.25) is 4.57 Å². The summed E-state index contributed by atoms with van der Waals surface area (Å²) in [6.07, 6.45) is 2.41. The van der Waals surface area contributed by atoms with E-state index in [0.29, 0.717) is 29.5 Å². The Bertz CT molecular complexity index is 4490. The van der Waals surface area contributed by atoms with E-state index in [1.54, 1.807) is 0 Å². The summed E-state index contributed by atoms with van der Waals surface area (Å²) in [5.74, 6) is 2.05. The largest absolute Gasteiger partial charge is 0.457 e. The van der Waals surface area contributed by atoms with Crippen molar-refractivity contribution in [3.63, 3.8) is 0 Å². The third kappa shape index (κ3) is 10.6. The Morgan fingerprint density at radius 1 is 0.465 bits per heavy atom. The van der Waals surface area contributed by atoms with Crippen LogP contribution in [0.1, 0.15) is 133 Å². The molecular formula is C81H82N4O. The van der Waals surface area contributed by atoms with Gasteiger partial charge < -0.3 is 14.5 Å². The Kier molecular flexibility index (Phi) is 13.2. The smallest absolute Gasteiger partial charge is 0.137 e. The molecular weight excluding hydrogens is 1040 g/mol. The molecule has 3 heterocycles. The lowest BCUT2D eigenvalue weighted by molar-refractivity contribution is 0.332. The quantitative estimate of drug-likeness (QED) is 0.137. The molecule has 11 aromatic rings. The van der Waals surface area contributed by atoms with E-state index in [4.69, 9.17) is 9.72 Å². The lowest BCUT2D eigenvalue weighted by atomic mass is 9.63. The molecule has 0 fully saturated rings. The first kappa shape index (κ1) is 54.0. The van der Waals surface area contributed by atoms with E-state index in [2.05, 4.69) is 278 Å². The average molecular weight is 1130 g/mol. The maximum atomic E-state index is 9.99. The molecule has 0 amide bonds. The minimum atomic E-state index is -1.73. The Hall–Kier alpha value is -8.67. The molecule has 2 aromatic heterocycles. The zero-order chi connectivity index (χ0) is 61.9. The van der Waals surface area contributed by atoms with Crippen LogP contribution >= 0.6 is 0 Å². The number of ether oxygens (including phenoxy) is 1. The molecule has 0 radical (unpaired) electrons. The third-order valence-electron chi connectivity index (χ3n) is 18.1. The molecule has 5 heteroatoms. The summed E-state index contributed by atoms with van der Waals surface area (Å²) in [5, 5.41) is 2.16. The first-order valence-electron chi connectivity index (χ1n) is 31.8. The molecule has 0 unspecified atom stereocenters. The first-order valence-corrected chi connectivity index (χ1v) is 30.8. The number of hydrogen-bond acceptors (Lipinski definition) is 4. The summed E-state index contributed by atoms with van der Waals surface area (Å²) in [6.45, 7) is 29.6. The van der Waals surface area contributed by atoms with Crippen LogP contribution in [0.15, 0.2) is 212 Å². The summed E-state index contributed by atoms with van der Waals surface area (Å²) in [7, 11) is 0. The standard InChI is InChI=1S/C81H82N4O/c1-77(2,3)50-58-46-75(82-51-68(58)55-34-39-69-70(45-55)81(12,13)41-40-80(69,10)11)85-73-47-59(78(4,5)6)35-37-66(73)67-38-36-63(49-74(67)85)86-62-29-22-28-61(48-62)83-52-84(72-33-21-20-32-71(72)83)76-64(54-26-18-15-19-27-54)30-23-31-65(76)57-42-56(53-24-16-14-17-25-53)43-60(44-57)79(7,8)9/h14-39,42-49,51H,40-41,50,52H2,1-13H3/i50D2. The summed E-state index contributed by atoms with van der Waals surface area (Å²) >= 11 is 0. The van der Waals surface area contributed by atoms with Crippen LogP contribution in [-0.2, 0) is 28.0 Å². The molecule has 86 heavy (non-hydrogen) atoms. The van der Waals surface area contributed by atoms with Gasteiger partial charge in [0.25, 0.3) is 0 Å². The molecule has 432 valence electrons. The molecule has 9 aromatic carbocycles. The number of pyridine rings is 1. The average Bonchev–Trinajstić information content (AvgIpc) is 1.50. The monoisotopic (exact) mass is 1130 g/mol. The van der Waals surface area contributed by atoms with Crippen molar-refractivity contribution in [2.24, 2.45) is 5.41 Å². The molecule has 0 spiro atoms. The molecule has 5 nitrogen and oxygen atoms in total. The van der Waals surface area contributed by atoms with Crippen LogP contribution in [0.4, 0.5) is 22.7 Å². The lowest BCUT2D eigenvalue weighted by Gasteiger charge is -2.42. The number of rotatable bonds is 10. The number of nitrogens with zero attached hydrogens (tertiary/aromatic N) is 4. The van der Waals surface area contributed by atoms with Crippen LogP contribution in [0.5, 0.6) is 11.5 Å². The first-order chi connectivity index (χ1) is 41.7. The Balaban J connectivity index is 0.910. The number of benzene rings is 9. The minimum Gasteiger partial charge on any atom is -0.457 e. The Morgan fingerprint density at radius 2 is 1.06 bits per heavy atom. The number of fused-ring (bicyclic) bond motifs is 5. The van der Waals surface area contributed by atoms with Gasteiger partial charge in [0, 0.05) is 54.2 Å². The van der Waals surface area contributed by atoms with Gasteiger partial charge in [0.1, 0.15) is 24.0 Å². The van der Waals surface area contributed by atoms with E-state index in [-0.39, 0.29) is 21.7 Å². The van der Waals surface area contributed by atoms with E-state index in [0.717, 1.165) is 79.7 Å². The zero-order valence-electron chi connectivity index (χ0n) is 54.5. The van der Waals surface area contributed by atoms with Gasteiger partial charge in [-0.05, 0) is 157 Å². The molecule has 1 aliphatic heterocycles. The van der Waals surface area contributed by atoms with Crippen molar-refractivity contribution < 1.29 is 7.48 Å². The summed E-state index contributed by atoms with van der Waals surface area (Å²) in [5.41, 5.74) is 20.1. The highest BCUT2D eigenvalue weighted by Gasteiger charge is 2.38. The van der Waals surface area contributed by atoms with Crippen LogP contribution in [0.2, 0.25) is 0 Å². The van der Waals surface area contributed by atoms with Gasteiger partial charge in [0.2, 0.25) is 0 Å². The topological polar surface area (TPSA) is 33.5 Å². The second-order valence-corrected chi connectivity index (χ2v) is 28.6. The van der Waals surface area contributed by atoms with Gasteiger partial charge in [-0.25, -0.2) is 4.98 Å². The van der Waals surface area contributed by atoms with Crippen LogP contribution in [0.3, 0.4) is 0 Å². The van der Waals surface area contributed by atoms with E-state index in [1.165, 1.54) is 44.5 Å². The van der Waals surface area contributed by atoms with Crippen molar-refractivity contribution in [1.29, 1.82) is 0 Å². The van der Waals surface area contributed by atoms with Gasteiger partial charge in [0.15, 0.2) is 0 Å². The minimum absolute atomic E-state index is 0.0122. The summed E-state index contributed by atoms with van der Waals surface area (Å²) in [6, 6.07) is 74.7. The molecule has 1 aliphatic carbocycles. The second kappa shape index (κ2) is 21.1. The number of hydrogen-bond donors (Lipinski definition) is 0. The van der Waals surface area contributed by atoms with E-state index in [1.807, 2.05) is 39.1 Å². The predicted octanol–water partition coefficient (Wildman–Crippen LogP) is 22.4. The maximum Gasteiger partial charge on any atom is 0.137 e. The van der Waals surface area contributed by atoms with Crippen LogP contribution < -0.4 is 14.5 Å². The van der Waals surface area contributed by atoms with Gasteiger partial charge in [-0.15, -0.1) is 0 Å². The number of aromatic nitrogens is 2. The highest BCUT2D eigenvalue weighted by atomic mass is 16.5. The summed E-state index contributed by atoms with van der Waals surface area (Å²) < 4.78 is 29.2. The zero-order valence-corrected chi connectivity index (χ0v) is 52.5. The third-order valence-corrected chi connectivity index (χ3v) is 18.1. The second-order valence-electron chi connectivity index (χ2n) is 28.6. The number of para-hydroxylation sites is 3. The molecule has 0 saturated heterocycles. The van der Waals surface area contributed by atoms with Gasteiger partial charge in [0.05, 0.1) is 28.1 Å². The van der Waals surface area contributed by atoms with Gasteiger partial charge in [-0.1, -0.05) is 230 Å².